The number of hydrogen-bond donors (Lipinski definition) is 4. The number of rotatable bonds is 7. The zero-order valence-electron chi connectivity index (χ0n) is 20.9. The Morgan fingerprint density at radius 3 is 2.50 bits per heavy atom. The van der Waals surface area contributed by atoms with Gasteiger partial charge >= 0.3 is 0 Å². The van der Waals surface area contributed by atoms with Gasteiger partial charge in [-0.25, -0.2) is 9.97 Å². The number of nitrogens with one attached hydrogen (secondary N) is 4. The standard InChI is InChI=1S/C25H31N7O2/c1-11(2)22(26)23(13(4)27-7)31-25-21-16-10-19(33-8)17(20-12(3)32-34-14(20)5)9-18(16)30-24(21)28-15(6)29-25/h9-11,26-27H,1-8H3,(H2,28,29,30,31)/b23-13+,26-22?. The summed E-state index contributed by atoms with van der Waals surface area (Å²) in [7, 11) is 3.50. The van der Waals surface area contributed by atoms with E-state index >= 15 is 0 Å². The van der Waals surface area contributed by atoms with Gasteiger partial charge < -0.3 is 30.3 Å². The van der Waals surface area contributed by atoms with Crippen molar-refractivity contribution >= 4 is 33.5 Å². The molecular formula is C25H31N7O2. The Kier molecular flexibility index (Phi) is 6.03. The van der Waals surface area contributed by atoms with Crippen LogP contribution < -0.4 is 15.4 Å². The fraction of sp³-hybridized carbons (Fsp3) is 0.360. The van der Waals surface area contributed by atoms with Crippen molar-refractivity contribution in [3.8, 4) is 16.9 Å². The molecule has 0 spiro atoms. The van der Waals surface area contributed by atoms with Gasteiger partial charge in [0.05, 0.1) is 35.2 Å². The lowest BCUT2D eigenvalue weighted by Crippen LogP contribution is -2.22. The van der Waals surface area contributed by atoms with Crippen molar-refractivity contribution < 1.29 is 9.26 Å². The number of aromatic nitrogens is 4. The normalized spacial score (nSPS) is 12.4. The number of aromatic amines is 1. The van der Waals surface area contributed by atoms with Gasteiger partial charge in [0.1, 0.15) is 28.8 Å². The monoisotopic (exact) mass is 461 g/mol. The van der Waals surface area contributed by atoms with Gasteiger partial charge in [-0.05, 0) is 45.7 Å². The van der Waals surface area contributed by atoms with E-state index in [1.54, 1.807) is 7.11 Å². The maximum absolute atomic E-state index is 8.64. The van der Waals surface area contributed by atoms with Crippen LogP contribution in [0.5, 0.6) is 5.75 Å². The van der Waals surface area contributed by atoms with Crippen molar-refractivity contribution in [3.63, 3.8) is 0 Å². The van der Waals surface area contributed by atoms with Crippen LogP contribution in [0.3, 0.4) is 0 Å². The number of benzene rings is 1. The first-order valence-electron chi connectivity index (χ1n) is 11.2. The molecule has 9 heteroatoms. The van der Waals surface area contributed by atoms with E-state index in [1.165, 1.54) is 0 Å². The molecule has 4 rings (SSSR count). The molecule has 34 heavy (non-hydrogen) atoms. The van der Waals surface area contributed by atoms with Gasteiger partial charge in [0.15, 0.2) is 0 Å². The van der Waals surface area contributed by atoms with Gasteiger partial charge in [0.2, 0.25) is 0 Å². The van der Waals surface area contributed by atoms with Gasteiger partial charge in [-0.2, -0.15) is 0 Å². The summed E-state index contributed by atoms with van der Waals surface area (Å²) in [6.07, 6.45) is 0. The van der Waals surface area contributed by atoms with Crippen LogP contribution in [-0.2, 0) is 0 Å². The van der Waals surface area contributed by atoms with Crippen LogP contribution in [0.25, 0.3) is 33.1 Å². The number of anilines is 1. The molecule has 3 aromatic heterocycles. The molecule has 0 amide bonds. The van der Waals surface area contributed by atoms with Crippen molar-refractivity contribution in [2.45, 2.75) is 41.5 Å². The van der Waals surface area contributed by atoms with Crippen molar-refractivity contribution in [1.29, 1.82) is 5.41 Å². The molecule has 1 aromatic carbocycles. The highest BCUT2D eigenvalue weighted by atomic mass is 16.5. The average molecular weight is 462 g/mol. The van der Waals surface area contributed by atoms with Crippen LogP contribution in [0.1, 0.15) is 38.0 Å². The Hall–Kier alpha value is -3.88. The molecule has 4 N–H and O–H groups in total. The van der Waals surface area contributed by atoms with Crippen LogP contribution >= 0.6 is 0 Å². The number of nitrogens with zero attached hydrogens (tertiary/aromatic N) is 3. The fourth-order valence-corrected chi connectivity index (χ4v) is 4.15. The minimum atomic E-state index is 0.0462. The molecule has 0 fully saturated rings. The van der Waals surface area contributed by atoms with Crippen LogP contribution in [0.15, 0.2) is 28.0 Å². The topological polar surface area (TPSA) is 125 Å². The van der Waals surface area contributed by atoms with Crippen molar-refractivity contribution in [2.75, 3.05) is 19.5 Å². The number of fused-ring (bicyclic) bond motifs is 3. The minimum Gasteiger partial charge on any atom is -0.496 e. The van der Waals surface area contributed by atoms with Gasteiger partial charge in [0.25, 0.3) is 0 Å². The van der Waals surface area contributed by atoms with E-state index < -0.39 is 0 Å². The molecule has 0 atom stereocenters. The molecule has 0 saturated heterocycles. The Morgan fingerprint density at radius 2 is 1.91 bits per heavy atom. The third-order valence-electron chi connectivity index (χ3n) is 6.03. The zero-order valence-corrected chi connectivity index (χ0v) is 20.9. The number of methoxy groups -OCH3 is 1. The second-order valence-corrected chi connectivity index (χ2v) is 8.71. The number of aryl methyl sites for hydroxylation is 3. The van der Waals surface area contributed by atoms with Crippen LogP contribution in [-0.4, -0.2) is 40.0 Å². The van der Waals surface area contributed by atoms with Crippen LogP contribution in [0.2, 0.25) is 0 Å². The lowest BCUT2D eigenvalue weighted by atomic mass is 10.0. The summed E-state index contributed by atoms with van der Waals surface area (Å²) in [4.78, 5) is 12.8. The summed E-state index contributed by atoms with van der Waals surface area (Å²) in [5, 5.41) is 21.1. The minimum absolute atomic E-state index is 0.0462. The van der Waals surface area contributed by atoms with Gasteiger partial charge in [-0.15, -0.1) is 0 Å². The molecule has 0 unspecified atom stereocenters. The summed E-state index contributed by atoms with van der Waals surface area (Å²) in [5.74, 6) is 2.73. The largest absolute Gasteiger partial charge is 0.496 e. The smallest absolute Gasteiger partial charge is 0.144 e. The molecular weight excluding hydrogens is 430 g/mol. The van der Waals surface area contributed by atoms with E-state index in [0.717, 1.165) is 44.6 Å². The number of allylic oxidation sites excluding steroid dienone is 2. The first kappa shape index (κ1) is 23.3. The predicted octanol–water partition coefficient (Wildman–Crippen LogP) is 5.24. The molecule has 178 valence electrons. The number of H-pyrrole nitrogens is 1. The predicted molar refractivity (Wildman–Crippen MR) is 136 cm³/mol. The summed E-state index contributed by atoms with van der Waals surface area (Å²) in [6.45, 7) is 11.6. The molecule has 9 nitrogen and oxygen atoms in total. The highest BCUT2D eigenvalue weighted by molar-refractivity contribution is 6.14. The molecule has 0 bridgehead atoms. The highest BCUT2D eigenvalue weighted by Gasteiger charge is 2.22. The van der Waals surface area contributed by atoms with Crippen molar-refractivity contribution in [1.82, 2.24) is 25.4 Å². The Labute approximate surface area is 198 Å². The van der Waals surface area contributed by atoms with Gasteiger partial charge in [-0.1, -0.05) is 19.0 Å². The number of hydrogen-bond acceptors (Lipinski definition) is 8. The SMILES string of the molecule is CN/C(C)=C(/Nc1nc(C)nc2[nH]c3cc(-c4c(C)noc4C)c(OC)cc3c12)C(=N)C(C)C. The second kappa shape index (κ2) is 8.81. The summed E-state index contributed by atoms with van der Waals surface area (Å²) < 4.78 is 11.2. The van der Waals surface area contributed by atoms with E-state index in [2.05, 4.69) is 25.8 Å². The molecule has 4 aromatic rings. The summed E-state index contributed by atoms with van der Waals surface area (Å²) in [5.41, 5.74) is 6.27. The first-order chi connectivity index (χ1) is 16.2. The maximum Gasteiger partial charge on any atom is 0.144 e. The molecule has 0 aliphatic carbocycles. The van der Waals surface area contributed by atoms with E-state index in [0.29, 0.717) is 34.4 Å². The molecule has 3 heterocycles. The van der Waals surface area contributed by atoms with Crippen molar-refractivity contribution in [3.05, 3.63) is 40.8 Å². The second-order valence-electron chi connectivity index (χ2n) is 8.71. The van der Waals surface area contributed by atoms with E-state index in [4.69, 9.17) is 19.7 Å². The Balaban J connectivity index is 1.98. The third-order valence-corrected chi connectivity index (χ3v) is 6.03. The lowest BCUT2D eigenvalue weighted by Gasteiger charge is -2.18. The molecule has 0 saturated carbocycles. The molecule has 0 radical (unpaired) electrons. The zero-order chi connectivity index (χ0) is 24.7. The molecule has 0 aliphatic heterocycles. The quantitative estimate of drug-likeness (QED) is 0.277. The number of ether oxygens (including phenoxy) is 1. The maximum atomic E-state index is 8.64. The first-order valence-corrected chi connectivity index (χ1v) is 11.2. The van der Waals surface area contributed by atoms with Crippen molar-refractivity contribution in [2.24, 2.45) is 5.92 Å². The average Bonchev–Trinajstić information content (AvgIpc) is 3.33. The van der Waals surface area contributed by atoms with E-state index in [-0.39, 0.29) is 5.92 Å². The van der Waals surface area contributed by atoms with Crippen LogP contribution in [0.4, 0.5) is 5.82 Å². The van der Waals surface area contributed by atoms with Gasteiger partial charge in [0, 0.05) is 29.2 Å². The van der Waals surface area contributed by atoms with Gasteiger partial charge in [-0.3, -0.25) is 0 Å². The molecule has 0 aliphatic rings. The third kappa shape index (κ3) is 3.87. The lowest BCUT2D eigenvalue weighted by molar-refractivity contribution is 0.393. The fourth-order valence-electron chi connectivity index (χ4n) is 4.15. The summed E-state index contributed by atoms with van der Waals surface area (Å²) >= 11 is 0. The van der Waals surface area contributed by atoms with Crippen LogP contribution in [0, 0.1) is 32.1 Å². The van der Waals surface area contributed by atoms with E-state index in [9.17, 15) is 0 Å². The summed E-state index contributed by atoms with van der Waals surface area (Å²) in [6, 6.07) is 4.02. The Bertz CT molecular complexity index is 1420. The highest BCUT2D eigenvalue weighted by Crippen LogP contribution is 2.40. The van der Waals surface area contributed by atoms with E-state index in [1.807, 2.05) is 60.7 Å². The Morgan fingerprint density at radius 1 is 1.18 bits per heavy atom.